The molecule has 0 N–H and O–H groups in total. The van der Waals surface area contributed by atoms with Crippen LogP contribution in [0, 0.1) is 6.92 Å². The second kappa shape index (κ2) is 5.83. The Balaban J connectivity index is 0.00000133. The molecule has 2 aromatic rings. The van der Waals surface area contributed by atoms with Gasteiger partial charge in [-0.15, -0.1) is 12.4 Å². The molecule has 0 unspecified atom stereocenters. The smallest absolute Gasteiger partial charge is 0.186 e. The van der Waals surface area contributed by atoms with Crippen molar-refractivity contribution in [2.45, 2.75) is 6.92 Å². The monoisotopic (exact) mass is 317 g/mol. The number of aromatic nitrogens is 1. The van der Waals surface area contributed by atoms with Crippen LogP contribution in [-0.2, 0) is 0 Å². The molecule has 1 aliphatic rings. The van der Waals surface area contributed by atoms with Gasteiger partial charge in [0.05, 0.1) is 15.2 Å². The van der Waals surface area contributed by atoms with Crippen molar-refractivity contribution in [1.82, 2.24) is 9.88 Å². The normalized spacial score (nSPS) is 16.7. The Morgan fingerprint density at radius 3 is 2.53 bits per heavy atom. The van der Waals surface area contributed by atoms with Gasteiger partial charge in [-0.2, -0.15) is 0 Å². The van der Waals surface area contributed by atoms with Crippen LogP contribution in [-0.4, -0.2) is 43.1 Å². The summed E-state index contributed by atoms with van der Waals surface area (Å²) in [5, 5.41) is 1.92. The Bertz CT molecular complexity index is 538. The highest BCUT2D eigenvalue weighted by Gasteiger charge is 2.18. The molecule has 19 heavy (non-hydrogen) atoms. The fraction of sp³-hybridized carbons (Fsp3) is 0.462. The highest BCUT2D eigenvalue weighted by molar-refractivity contribution is 7.22. The fourth-order valence-electron chi connectivity index (χ4n) is 2.22. The Labute approximate surface area is 128 Å². The van der Waals surface area contributed by atoms with E-state index in [2.05, 4.69) is 23.8 Å². The van der Waals surface area contributed by atoms with Gasteiger partial charge < -0.3 is 9.80 Å². The van der Waals surface area contributed by atoms with Gasteiger partial charge in [-0.1, -0.05) is 29.0 Å². The quantitative estimate of drug-likeness (QED) is 0.803. The number of fused-ring (bicyclic) bond motifs is 1. The van der Waals surface area contributed by atoms with E-state index in [0.29, 0.717) is 0 Å². The molecule has 0 radical (unpaired) electrons. The molecule has 1 aromatic heterocycles. The van der Waals surface area contributed by atoms with E-state index < -0.39 is 0 Å². The maximum Gasteiger partial charge on any atom is 0.186 e. The van der Waals surface area contributed by atoms with Crippen molar-refractivity contribution < 1.29 is 0 Å². The molecule has 0 amide bonds. The first kappa shape index (κ1) is 14.9. The maximum absolute atomic E-state index is 6.25. The molecule has 0 bridgehead atoms. The number of rotatable bonds is 1. The van der Waals surface area contributed by atoms with E-state index in [1.807, 2.05) is 12.1 Å². The molecule has 0 aliphatic carbocycles. The van der Waals surface area contributed by atoms with Crippen molar-refractivity contribution in [3.8, 4) is 0 Å². The third kappa shape index (κ3) is 2.82. The van der Waals surface area contributed by atoms with Crippen LogP contribution in [0.4, 0.5) is 5.13 Å². The number of hydrogen-bond acceptors (Lipinski definition) is 4. The molecule has 0 spiro atoms. The molecule has 6 heteroatoms. The van der Waals surface area contributed by atoms with Crippen molar-refractivity contribution in [2.24, 2.45) is 0 Å². The summed E-state index contributed by atoms with van der Waals surface area (Å²) < 4.78 is 1.12. The number of thiazole rings is 1. The topological polar surface area (TPSA) is 19.4 Å². The lowest BCUT2D eigenvalue weighted by Gasteiger charge is -2.32. The van der Waals surface area contributed by atoms with E-state index in [0.717, 1.165) is 46.5 Å². The van der Waals surface area contributed by atoms with Crippen molar-refractivity contribution in [1.29, 1.82) is 0 Å². The first-order chi connectivity index (χ1) is 8.65. The molecular weight excluding hydrogens is 301 g/mol. The van der Waals surface area contributed by atoms with Crippen LogP contribution in [0.1, 0.15) is 5.56 Å². The lowest BCUT2D eigenvalue weighted by Crippen LogP contribution is -2.44. The zero-order valence-corrected chi connectivity index (χ0v) is 13.4. The number of piperazine rings is 1. The first-order valence-electron chi connectivity index (χ1n) is 6.14. The lowest BCUT2D eigenvalue weighted by atomic mass is 10.2. The molecule has 0 saturated carbocycles. The number of benzene rings is 1. The lowest BCUT2D eigenvalue weighted by molar-refractivity contribution is 0.313. The largest absolute Gasteiger partial charge is 0.345 e. The van der Waals surface area contributed by atoms with Crippen molar-refractivity contribution in [3.05, 3.63) is 22.7 Å². The van der Waals surface area contributed by atoms with Crippen LogP contribution in [0.2, 0.25) is 5.02 Å². The Kier molecular flexibility index (Phi) is 4.56. The molecular formula is C13H17Cl2N3S. The van der Waals surface area contributed by atoms with Crippen LogP contribution in [0.25, 0.3) is 10.2 Å². The van der Waals surface area contributed by atoms with Crippen LogP contribution in [0.5, 0.6) is 0 Å². The number of anilines is 1. The SMILES string of the molecule is Cc1ccc(Cl)c2sc(N3CCN(C)CC3)nc12.Cl. The zero-order chi connectivity index (χ0) is 12.7. The van der Waals surface area contributed by atoms with Crippen molar-refractivity contribution >= 4 is 50.7 Å². The zero-order valence-electron chi connectivity index (χ0n) is 11.0. The predicted octanol–water partition coefficient (Wildman–Crippen LogP) is 3.43. The molecule has 3 nitrogen and oxygen atoms in total. The molecule has 2 heterocycles. The Morgan fingerprint density at radius 2 is 1.89 bits per heavy atom. The summed E-state index contributed by atoms with van der Waals surface area (Å²) in [4.78, 5) is 9.47. The second-order valence-corrected chi connectivity index (χ2v) is 6.21. The summed E-state index contributed by atoms with van der Waals surface area (Å²) in [6, 6.07) is 4.00. The highest BCUT2D eigenvalue weighted by Crippen LogP contribution is 2.35. The van der Waals surface area contributed by atoms with Gasteiger partial charge in [0.25, 0.3) is 0 Å². The molecule has 1 aromatic carbocycles. The predicted molar refractivity (Wildman–Crippen MR) is 86.3 cm³/mol. The van der Waals surface area contributed by atoms with E-state index >= 15 is 0 Å². The summed E-state index contributed by atoms with van der Waals surface area (Å²) in [7, 11) is 2.16. The van der Waals surface area contributed by atoms with E-state index in [9.17, 15) is 0 Å². The summed E-state index contributed by atoms with van der Waals surface area (Å²) in [6.45, 7) is 6.39. The second-order valence-electron chi connectivity index (χ2n) is 4.83. The van der Waals surface area contributed by atoms with E-state index in [1.165, 1.54) is 5.56 Å². The third-order valence-corrected chi connectivity index (χ3v) is 5.04. The van der Waals surface area contributed by atoms with Gasteiger partial charge in [-0.05, 0) is 25.6 Å². The van der Waals surface area contributed by atoms with Crippen LogP contribution < -0.4 is 4.90 Å². The average molecular weight is 318 g/mol. The van der Waals surface area contributed by atoms with Crippen molar-refractivity contribution in [2.75, 3.05) is 38.1 Å². The fourth-order valence-corrected chi connectivity index (χ4v) is 3.59. The molecule has 1 fully saturated rings. The summed E-state index contributed by atoms with van der Waals surface area (Å²) in [6.07, 6.45) is 0. The summed E-state index contributed by atoms with van der Waals surface area (Å²) in [5.41, 5.74) is 2.26. The Morgan fingerprint density at radius 1 is 1.21 bits per heavy atom. The van der Waals surface area contributed by atoms with Gasteiger partial charge in [-0.25, -0.2) is 4.98 Å². The minimum absolute atomic E-state index is 0. The van der Waals surface area contributed by atoms with Crippen LogP contribution >= 0.6 is 35.3 Å². The molecule has 3 rings (SSSR count). The number of halogens is 2. The van der Waals surface area contributed by atoms with Gasteiger partial charge in [-0.3, -0.25) is 0 Å². The minimum atomic E-state index is 0. The third-order valence-electron chi connectivity index (χ3n) is 3.46. The van der Waals surface area contributed by atoms with E-state index in [-0.39, 0.29) is 12.4 Å². The number of hydrogen-bond donors (Lipinski definition) is 0. The standard InChI is InChI=1S/C13H16ClN3S.ClH/c1-9-3-4-10(14)12-11(9)15-13(18-12)17-7-5-16(2)6-8-17;/h3-4H,5-8H2,1-2H3;1H. The molecule has 104 valence electrons. The number of aryl methyl sites for hydroxylation is 1. The summed E-state index contributed by atoms with van der Waals surface area (Å²) >= 11 is 7.96. The van der Waals surface area contributed by atoms with Gasteiger partial charge >= 0.3 is 0 Å². The average Bonchev–Trinajstić information content (AvgIpc) is 2.81. The maximum atomic E-state index is 6.25. The highest BCUT2D eigenvalue weighted by atomic mass is 35.5. The van der Waals surface area contributed by atoms with Gasteiger partial charge in [0, 0.05) is 26.2 Å². The van der Waals surface area contributed by atoms with E-state index in [4.69, 9.17) is 16.6 Å². The molecule has 1 aliphatic heterocycles. The van der Waals surface area contributed by atoms with Gasteiger partial charge in [0.2, 0.25) is 0 Å². The van der Waals surface area contributed by atoms with Crippen LogP contribution in [0.3, 0.4) is 0 Å². The minimum Gasteiger partial charge on any atom is -0.345 e. The molecule has 0 atom stereocenters. The number of nitrogens with zero attached hydrogens (tertiary/aromatic N) is 3. The first-order valence-corrected chi connectivity index (χ1v) is 7.34. The van der Waals surface area contributed by atoms with Crippen molar-refractivity contribution in [3.63, 3.8) is 0 Å². The number of likely N-dealkylation sites (N-methyl/N-ethyl adjacent to an activating group) is 1. The summed E-state index contributed by atoms with van der Waals surface area (Å²) in [5.74, 6) is 0. The van der Waals surface area contributed by atoms with Gasteiger partial charge in [0.1, 0.15) is 0 Å². The van der Waals surface area contributed by atoms with Gasteiger partial charge in [0.15, 0.2) is 5.13 Å². The van der Waals surface area contributed by atoms with E-state index in [1.54, 1.807) is 11.3 Å². The molecule has 1 saturated heterocycles. The van der Waals surface area contributed by atoms with Crippen LogP contribution in [0.15, 0.2) is 12.1 Å². The Hall–Kier alpha value is -0.550.